The van der Waals surface area contributed by atoms with Crippen LogP contribution in [0.25, 0.3) is 0 Å². The third-order valence-corrected chi connectivity index (χ3v) is 3.92. The smallest absolute Gasteiger partial charge is 0.261 e. The normalized spacial score (nSPS) is 12.5. The van der Waals surface area contributed by atoms with Crippen molar-refractivity contribution in [2.24, 2.45) is 0 Å². The summed E-state index contributed by atoms with van der Waals surface area (Å²) in [6.07, 6.45) is 0.797. The van der Waals surface area contributed by atoms with Gasteiger partial charge >= 0.3 is 0 Å². The summed E-state index contributed by atoms with van der Waals surface area (Å²) in [7, 11) is 0. The van der Waals surface area contributed by atoms with Crippen LogP contribution in [0, 0.1) is 0 Å². The van der Waals surface area contributed by atoms with Crippen molar-refractivity contribution in [2.75, 3.05) is 0 Å². The van der Waals surface area contributed by atoms with Gasteiger partial charge in [-0.1, -0.05) is 54.9 Å². The lowest BCUT2D eigenvalue weighted by molar-refractivity contribution is -0.129. The molecule has 0 aliphatic rings. The molecule has 24 heavy (non-hydrogen) atoms. The van der Waals surface area contributed by atoms with Gasteiger partial charge in [-0.3, -0.25) is 4.79 Å². The lowest BCUT2D eigenvalue weighted by Gasteiger charge is -2.29. The second-order valence-electron chi connectivity index (χ2n) is 6.51. The number of hydrogen-bond acceptors (Lipinski definition) is 2. The van der Waals surface area contributed by atoms with Crippen LogP contribution in [-0.2, 0) is 11.2 Å². The molecule has 0 saturated heterocycles. The van der Waals surface area contributed by atoms with E-state index in [0.717, 1.165) is 6.42 Å². The molecule has 1 N–H and O–H groups in total. The van der Waals surface area contributed by atoms with E-state index < -0.39 is 6.10 Å². The summed E-state index contributed by atoms with van der Waals surface area (Å²) in [6.45, 7) is 5.97. The first-order valence-corrected chi connectivity index (χ1v) is 8.55. The minimum atomic E-state index is -0.543. The summed E-state index contributed by atoms with van der Waals surface area (Å²) in [6, 6.07) is 17.2. The molecule has 1 unspecified atom stereocenters. The van der Waals surface area contributed by atoms with Crippen molar-refractivity contribution in [1.29, 1.82) is 0 Å². The van der Waals surface area contributed by atoms with Crippen LogP contribution in [0.1, 0.15) is 32.8 Å². The second kappa shape index (κ2) is 8.20. The van der Waals surface area contributed by atoms with Crippen molar-refractivity contribution >= 4 is 17.5 Å². The first kappa shape index (κ1) is 18.3. The van der Waals surface area contributed by atoms with Gasteiger partial charge in [0.25, 0.3) is 5.91 Å². The molecule has 0 aliphatic heterocycles. The van der Waals surface area contributed by atoms with Crippen molar-refractivity contribution in [2.45, 2.75) is 45.3 Å². The number of amides is 1. The van der Waals surface area contributed by atoms with Crippen LogP contribution < -0.4 is 10.1 Å². The number of rotatable bonds is 7. The minimum absolute atomic E-state index is 0.113. The number of nitrogens with one attached hydrogen (secondary N) is 1. The van der Waals surface area contributed by atoms with Crippen molar-refractivity contribution in [1.82, 2.24) is 5.32 Å². The van der Waals surface area contributed by atoms with E-state index in [9.17, 15) is 4.79 Å². The summed E-state index contributed by atoms with van der Waals surface area (Å²) in [5, 5.41) is 3.68. The molecule has 0 aromatic heterocycles. The van der Waals surface area contributed by atoms with Gasteiger partial charge in [0.2, 0.25) is 0 Å². The first-order valence-electron chi connectivity index (χ1n) is 8.18. The first-order chi connectivity index (χ1) is 11.4. The largest absolute Gasteiger partial charge is 0.481 e. The number of hydrogen-bond donors (Lipinski definition) is 1. The molecule has 0 fully saturated rings. The van der Waals surface area contributed by atoms with Crippen molar-refractivity contribution in [3.63, 3.8) is 0 Å². The molecule has 4 heteroatoms. The van der Waals surface area contributed by atoms with Gasteiger partial charge < -0.3 is 10.1 Å². The predicted molar refractivity (Wildman–Crippen MR) is 98.5 cm³/mol. The van der Waals surface area contributed by atoms with E-state index in [1.807, 2.05) is 45.0 Å². The second-order valence-corrected chi connectivity index (χ2v) is 6.94. The van der Waals surface area contributed by atoms with Crippen LogP contribution in [0.15, 0.2) is 54.6 Å². The topological polar surface area (TPSA) is 38.3 Å². The average Bonchev–Trinajstić information content (AvgIpc) is 2.52. The highest BCUT2D eigenvalue weighted by Crippen LogP contribution is 2.20. The maximum absolute atomic E-state index is 12.6. The summed E-state index contributed by atoms with van der Waals surface area (Å²) in [4.78, 5) is 12.6. The summed E-state index contributed by atoms with van der Waals surface area (Å²) < 4.78 is 5.81. The Labute approximate surface area is 149 Å². The van der Waals surface area contributed by atoms with E-state index in [2.05, 4.69) is 17.4 Å². The van der Waals surface area contributed by atoms with Gasteiger partial charge in [-0.05, 0) is 50.5 Å². The monoisotopic (exact) mass is 345 g/mol. The maximum atomic E-state index is 12.6. The lowest BCUT2D eigenvalue weighted by Crippen LogP contribution is -2.50. The Morgan fingerprint density at radius 3 is 2.50 bits per heavy atom. The lowest BCUT2D eigenvalue weighted by atomic mass is 9.94. The van der Waals surface area contributed by atoms with Crippen LogP contribution in [0.5, 0.6) is 5.75 Å². The van der Waals surface area contributed by atoms with Gasteiger partial charge in [0.05, 0.1) is 0 Å². The SMILES string of the molecule is CCC(Oc1cccc(Cl)c1)C(=O)NC(C)(C)Cc1ccccc1. The van der Waals surface area contributed by atoms with E-state index in [1.54, 1.807) is 18.2 Å². The van der Waals surface area contributed by atoms with Crippen molar-refractivity contribution < 1.29 is 9.53 Å². The Hall–Kier alpha value is -2.00. The van der Waals surface area contributed by atoms with Crippen LogP contribution in [0.3, 0.4) is 0 Å². The third-order valence-electron chi connectivity index (χ3n) is 3.69. The number of ether oxygens (including phenoxy) is 1. The molecule has 0 aliphatic carbocycles. The summed E-state index contributed by atoms with van der Waals surface area (Å²) in [5.41, 5.74) is 0.829. The van der Waals surface area contributed by atoms with E-state index in [1.165, 1.54) is 5.56 Å². The average molecular weight is 346 g/mol. The summed E-state index contributed by atoms with van der Waals surface area (Å²) >= 11 is 5.97. The summed E-state index contributed by atoms with van der Waals surface area (Å²) in [5.74, 6) is 0.490. The predicted octanol–water partition coefficient (Wildman–Crippen LogP) is 4.63. The van der Waals surface area contributed by atoms with Crippen LogP contribution in [-0.4, -0.2) is 17.6 Å². The Morgan fingerprint density at radius 2 is 1.88 bits per heavy atom. The quantitative estimate of drug-likeness (QED) is 0.794. The Morgan fingerprint density at radius 1 is 1.17 bits per heavy atom. The molecular formula is C20H24ClNO2. The molecule has 128 valence electrons. The van der Waals surface area contributed by atoms with Gasteiger partial charge in [0.15, 0.2) is 6.10 Å². The molecule has 0 radical (unpaired) electrons. The van der Waals surface area contributed by atoms with E-state index in [4.69, 9.17) is 16.3 Å². The molecule has 0 bridgehead atoms. The van der Waals surface area contributed by atoms with Crippen molar-refractivity contribution in [3.8, 4) is 5.75 Å². The zero-order valence-corrected chi connectivity index (χ0v) is 15.1. The van der Waals surface area contributed by atoms with E-state index >= 15 is 0 Å². The van der Waals surface area contributed by atoms with Gasteiger partial charge in [-0.2, -0.15) is 0 Å². The zero-order chi connectivity index (χ0) is 17.6. The van der Waals surface area contributed by atoms with E-state index in [-0.39, 0.29) is 11.4 Å². The minimum Gasteiger partial charge on any atom is -0.481 e. The molecular weight excluding hydrogens is 322 g/mol. The number of benzene rings is 2. The van der Waals surface area contributed by atoms with E-state index in [0.29, 0.717) is 17.2 Å². The number of halogens is 1. The highest BCUT2D eigenvalue weighted by Gasteiger charge is 2.26. The zero-order valence-electron chi connectivity index (χ0n) is 14.4. The molecule has 0 spiro atoms. The van der Waals surface area contributed by atoms with Gasteiger partial charge in [-0.25, -0.2) is 0 Å². The standard InChI is InChI=1S/C20H24ClNO2/c1-4-18(24-17-12-8-11-16(21)13-17)19(23)22-20(2,3)14-15-9-6-5-7-10-15/h5-13,18H,4,14H2,1-3H3,(H,22,23). The number of carbonyl (C=O) groups is 1. The van der Waals surface area contributed by atoms with Gasteiger partial charge in [0, 0.05) is 10.6 Å². The van der Waals surface area contributed by atoms with Crippen LogP contribution in [0.2, 0.25) is 5.02 Å². The van der Waals surface area contributed by atoms with Gasteiger partial charge in [0.1, 0.15) is 5.75 Å². The van der Waals surface area contributed by atoms with Crippen molar-refractivity contribution in [3.05, 3.63) is 65.2 Å². The molecule has 2 rings (SSSR count). The molecule has 1 atom stereocenters. The molecule has 3 nitrogen and oxygen atoms in total. The Bertz CT molecular complexity index is 670. The number of carbonyl (C=O) groups excluding carboxylic acids is 1. The fraction of sp³-hybridized carbons (Fsp3) is 0.350. The fourth-order valence-electron chi connectivity index (χ4n) is 2.59. The highest BCUT2D eigenvalue weighted by atomic mass is 35.5. The highest BCUT2D eigenvalue weighted by molar-refractivity contribution is 6.30. The van der Waals surface area contributed by atoms with Crippen LogP contribution >= 0.6 is 11.6 Å². The van der Waals surface area contributed by atoms with Crippen LogP contribution in [0.4, 0.5) is 0 Å². The molecule has 0 saturated carbocycles. The third kappa shape index (κ3) is 5.57. The molecule has 2 aromatic rings. The fourth-order valence-corrected chi connectivity index (χ4v) is 2.77. The molecule has 2 aromatic carbocycles. The Kier molecular flexibility index (Phi) is 6.27. The Balaban J connectivity index is 2.00. The maximum Gasteiger partial charge on any atom is 0.261 e. The molecule has 0 heterocycles. The molecule has 1 amide bonds. The van der Waals surface area contributed by atoms with Gasteiger partial charge in [-0.15, -0.1) is 0 Å².